The van der Waals surface area contributed by atoms with Crippen molar-refractivity contribution in [2.24, 2.45) is 5.10 Å². The summed E-state index contributed by atoms with van der Waals surface area (Å²) in [6.07, 6.45) is 1.23. The van der Waals surface area contributed by atoms with Crippen LogP contribution in [0.1, 0.15) is 11.1 Å². The molecule has 1 N–H and O–H groups in total. The van der Waals surface area contributed by atoms with Crippen molar-refractivity contribution >= 4 is 49.5 Å². The van der Waals surface area contributed by atoms with Gasteiger partial charge in [0.05, 0.1) is 22.7 Å². The van der Waals surface area contributed by atoms with Crippen molar-refractivity contribution in [3.05, 3.63) is 91.4 Å². The summed E-state index contributed by atoms with van der Waals surface area (Å²) in [5.41, 5.74) is 0.724. The Kier molecular flexibility index (Phi) is 7.90. The lowest BCUT2D eigenvalue weighted by Crippen LogP contribution is -2.19. The molecule has 0 heterocycles. The minimum atomic E-state index is -4.25. The van der Waals surface area contributed by atoms with Gasteiger partial charge >= 0.3 is 0 Å². The smallest absolute Gasteiger partial charge is 0.289 e. The number of rotatable bonds is 9. The molecule has 0 spiro atoms. The van der Waals surface area contributed by atoms with Crippen molar-refractivity contribution in [3.63, 3.8) is 0 Å². The Hall–Kier alpha value is -3.15. The highest BCUT2D eigenvalue weighted by molar-refractivity contribution is 9.10. The molecule has 0 unspecified atom stereocenters. The fourth-order valence-electron chi connectivity index (χ4n) is 2.77. The number of sulfonamides is 1. The van der Waals surface area contributed by atoms with E-state index in [2.05, 4.69) is 21.0 Å². The van der Waals surface area contributed by atoms with E-state index in [-0.39, 0.29) is 6.61 Å². The van der Waals surface area contributed by atoms with Gasteiger partial charge in [-0.2, -0.15) is 18.4 Å². The maximum atomic E-state index is 12.4. The average molecular weight is 555 g/mol. The Morgan fingerprint density at radius 2 is 1.88 bits per heavy atom. The molecule has 0 radical (unpaired) electrons. The number of methoxy groups -OCH3 is 1. The van der Waals surface area contributed by atoms with Gasteiger partial charge in [0, 0.05) is 16.7 Å². The van der Waals surface area contributed by atoms with Crippen LogP contribution in [0.25, 0.3) is 0 Å². The molecule has 0 bridgehead atoms. The molecule has 0 fully saturated rings. The van der Waals surface area contributed by atoms with E-state index >= 15 is 0 Å². The maximum Gasteiger partial charge on any atom is 0.289 e. The van der Waals surface area contributed by atoms with Crippen LogP contribution in [-0.4, -0.2) is 26.7 Å². The summed E-state index contributed by atoms with van der Waals surface area (Å²) in [5, 5.41) is 15.4. The Bertz CT molecular complexity index is 1320. The largest absolute Gasteiger partial charge is 0.493 e. The molecule has 0 aliphatic rings. The monoisotopic (exact) mass is 553 g/mol. The number of nitrogens with zero attached hydrogens (tertiary/aromatic N) is 2. The Morgan fingerprint density at radius 3 is 2.58 bits per heavy atom. The van der Waals surface area contributed by atoms with Gasteiger partial charge in [0.2, 0.25) is 0 Å². The van der Waals surface area contributed by atoms with Crippen LogP contribution < -0.4 is 14.3 Å². The van der Waals surface area contributed by atoms with Gasteiger partial charge in [0.1, 0.15) is 6.61 Å². The van der Waals surface area contributed by atoms with Crippen molar-refractivity contribution in [2.75, 3.05) is 7.11 Å². The zero-order valence-corrected chi connectivity index (χ0v) is 20.2. The quantitative estimate of drug-likeness (QED) is 0.228. The Labute approximate surface area is 203 Å². The van der Waals surface area contributed by atoms with Crippen LogP contribution in [0.3, 0.4) is 0 Å². The number of benzene rings is 3. The number of nitrogens with one attached hydrogen (secondary N) is 1. The van der Waals surface area contributed by atoms with E-state index in [1.54, 1.807) is 18.2 Å². The number of hydrazone groups is 1. The van der Waals surface area contributed by atoms with Gasteiger partial charge in [0.15, 0.2) is 16.4 Å². The third-order valence-corrected chi connectivity index (χ3v) is 6.55. The topological polar surface area (TPSA) is 120 Å². The molecule has 172 valence electrons. The summed E-state index contributed by atoms with van der Waals surface area (Å²) < 4.78 is 36.7. The summed E-state index contributed by atoms with van der Waals surface area (Å²) in [4.78, 5) is 11.8. The first-order valence-corrected chi connectivity index (χ1v) is 11.9. The first-order chi connectivity index (χ1) is 15.7. The van der Waals surface area contributed by atoms with Crippen molar-refractivity contribution in [1.29, 1.82) is 0 Å². The van der Waals surface area contributed by atoms with Gasteiger partial charge in [-0.1, -0.05) is 41.9 Å². The number of nitro benzene ring substituents is 1. The summed E-state index contributed by atoms with van der Waals surface area (Å²) in [6.45, 7) is 0.206. The summed E-state index contributed by atoms with van der Waals surface area (Å²) >= 11 is 9.57. The zero-order chi connectivity index (χ0) is 24.0. The van der Waals surface area contributed by atoms with Crippen LogP contribution in [0, 0.1) is 10.1 Å². The molecule has 12 heteroatoms. The first kappa shape index (κ1) is 24.5. The molecule has 3 aromatic carbocycles. The van der Waals surface area contributed by atoms with Crippen LogP contribution in [0.5, 0.6) is 11.5 Å². The molecule has 3 aromatic rings. The van der Waals surface area contributed by atoms with Crippen molar-refractivity contribution in [1.82, 2.24) is 4.83 Å². The van der Waals surface area contributed by atoms with Crippen LogP contribution in [0.4, 0.5) is 5.69 Å². The van der Waals surface area contributed by atoms with Crippen LogP contribution >= 0.6 is 27.5 Å². The summed E-state index contributed by atoms with van der Waals surface area (Å²) in [7, 11) is -2.79. The minimum absolute atomic E-state index is 0.206. The molecule has 0 atom stereocenters. The standard InChI is InChI=1S/C21H17BrClN3O6S/c1-31-19-11-14(10-16(22)21(19)32-13-15-6-2-3-7-17(15)23)12-24-25-33(29,30)20-9-5-4-8-18(20)26(27)28/h2-12,25H,13H2,1H3/b24-12-. The Balaban J connectivity index is 1.78. The van der Waals surface area contributed by atoms with Gasteiger partial charge in [-0.15, -0.1) is 0 Å². The summed E-state index contributed by atoms with van der Waals surface area (Å²) in [6, 6.07) is 15.5. The normalized spacial score (nSPS) is 11.4. The molecule has 33 heavy (non-hydrogen) atoms. The minimum Gasteiger partial charge on any atom is -0.493 e. The number of halogens is 2. The van der Waals surface area contributed by atoms with E-state index in [0.29, 0.717) is 26.6 Å². The lowest BCUT2D eigenvalue weighted by atomic mass is 10.2. The number of para-hydroxylation sites is 1. The fourth-order valence-corrected chi connectivity index (χ4v) is 4.50. The van der Waals surface area contributed by atoms with Gasteiger partial charge < -0.3 is 9.47 Å². The van der Waals surface area contributed by atoms with Crippen molar-refractivity contribution in [2.45, 2.75) is 11.5 Å². The molecule has 3 rings (SSSR count). The molecular weight excluding hydrogens is 538 g/mol. The molecule has 0 saturated carbocycles. The van der Waals surface area contributed by atoms with E-state index in [1.807, 2.05) is 23.0 Å². The molecule has 0 saturated heterocycles. The maximum absolute atomic E-state index is 12.4. The highest BCUT2D eigenvalue weighted by atomic mass is 79.9. The van der Waals surface area contributed by atoms with Crippen LogP contribution in [0.2, 0.25) is 5.02 Å². The average Bonchev–Trinajstić information content (AvgIpc) is 2.79. The highest BCUT2D eigenvalue weighted by Crippen LogP contribution is 2.37. The third kappa shape index (κ3) is 6.01. The predicted octanol–water partition coefficient (Wildman–Crippen LogP) is 4.91. The SMILES string of the molecule is COc1cc(/C=N\NS(=O)(=O)c2ccccc2[N+](=O)[O-])cc(Br)c1OCc1ccccc1Cl. The second-order valence-corrected chi connectivity index (χ2v) is 9.38. The number of nitro groups is 1. The molecular formula is C21H17BrClN3O6S. The summed E-state index contributed by atoms with van der Waals surface area (Å²) in [5.74, 6) is 0.800. The third-order valence-electron chi connectivity index (χ3n) is 4.32. The van der Waals surface area contributed by atoms with Crippen LogP contribution in [0.15, 0.2) is 75.1 Å². The van der Waals surface area contributed by atoms with Gasteiger partial charge in [-0.25, -0.2) is 0 Å². The van der Waals surface area contributed by atoms with Gasteiger partial charge in [0.25, 0.3) is 15.7 Å². The first-order valence-electron chi connectivity index (χ1n) is 9.25. The molecule has 0 aliphatic heterocycles. The lowest BCUT2D eigenvalue weighted by Gasteiger charge is -2.14. The Morgan fingerprint density at radius 1 is 1.18 bits per heavy atom. The highest BCUT2D eigenvalue weighted by Gasteiger charge is 2.24. The number of ether oxygens (including phenoxy) is 2. The van der Waals surface area contributed by atoms with Crippen molar-refractivity contribution < 1.29 is 22.8 Å². The number of hydrogen-bond acceptors (Lipinski definition) is 7. The predicted molar refractivity (Wildman–Crippen MR) is 127 cm³/mol. The molecule has 9 nitrogen and oxygen atoms in total. The van der Waals surface area contributed by atoms with Crippen molar-refractivity contribution in [3.8, 4) is 11.5 Å². The van der Waals surface area contributed by atoms with E-state index in [1.165, 1.54) is 25.5 Å². The van der Waals surface area contributed by atoms with E-state index < -0.39 is 25.5 Å². The zero-order valence-electron chi connectivity index (χ0n) is 17.1. The van der Waals surface area contributed by atoms with Gasteiger partial charge in [-0.3, -0.25) is 10.1 Å². The molecule has 0 amide bonds. The molecule has 0 aliphatic carbocycles. The second kappa shape index (κ2) is 10.6. The fraction of sp³-hybridized carbons (Fsp3) is 0.0952. The van der Waals surface area contributed by atoms with E-state index in [9.17, 15) is 18.5 Å². The van der Waals surface area contributed by atoms with E-state index in [4.69, 9.17) is 21.1 Å². The second-order valence-electron chi connectivity index (χ2n) is 6.49. The van der Waals surface area contributed by atoms with Gasteiger partial charge in [-0.05, 0) is 45.8 Å². The molecule has 0 aromatic heterocycles. The van der Waals surface area contributed by atoms with E-state index in [0.717, 1.165) is 17.7 Å². The number of hydrogen-bond donors (Lipinski definition) is 1. The lowest BCUT2D eigenvalue weighted by molar-refractivity contribution is -0.387. The van der Waals surface area contributed by atoms with Crippen LogP contribution in [-0.2, 0) is 16.6 Å².